The molecule has 9 heteroatoms. The van der Waals surface area contributed by atoms with E-state index in [1.807, 2.05) is 36.7 Å². The lowest BCUT2D eigenvalue weighted by atomic mass is 9.99. The molecule has 2 aromatic rings. The van der Waals surface area contributed by atoms with E-state index in [4.69, 9.17) is 5.73 Å². The van der Waals surface area contributed by atoms with E-state index in [-0.39, 0.29) is 19.0 Å². The Balaban J connectivity index is 2.25. The Bertz CT molecular complexity index is 872. The van der Waals surface area contributed by atoms with Crippen LogP contribution in [-0.2, 0) is 11.3 Å². The van der Waals surface area contributed by atoms with Crippen LogP contribution in [0.5, 0.6) is 0 Å². The fraction of sp³-hybridized carbons (Fsp3) is 0.429. The largest absolute Gasteiger partial charge is 0.401 e. The molecule has 0 bridgehead atoms. The molecular formula is C21H25F3N4OS. The minimum Gasteiger partial charge on any atom is -0.368 e. The smallest absolute Gasteiger partial charge is 0.368 e. The number of nitrogens with two attached hydrogens (primary N) is 1. The van der Waals surface area contributed by atoms with Crippen molar-refractivity contribution >= 4 is 22.9 Å². The van der Waals surface area contributed by atoms with E-state index < -0.39 is 24.7 Å². The summed E-state index contributed by atoms with van der Waals surface area (Å²) in [6.07, 6.45) is -3.72. The first kappa shape index (κ1) is 23.7. The Morgan fingerprint density at radius 1 is 1.27 bits per heavy atom. The number of hydrogen-bond donors (Lipinski definition) is 2. The van der Waals surface area contributed by atoms with Crippen LogP contribution in [-0.4, -0.2) is 31.2 Å². The van der Waals surface area contributed by atoms with Crippen molar-refractivity contribution in [1.29, 1.82) is 5.26 Å². The Kier molecular flexibility index (Phi) is 8.26. The Morgan fingerprint density at radius 2 is 1.93 bits per heavy atom. The van der Waals surface area contributed by atoms with Gasteiger partial charge >= 0.3 is 6.18 Å². The van der Waals surface area contributed by atoms with E-state index in [0.717, 1.165) is 22.4 Å². The first-order chi connectivity index (χ1) is 14.1. The van der Waals surface area contributed by atoms with Crippen molar-refractivity contribution in [2.45, 2.75) is 39.0 Å². The average molecular weight is 439 g/mol. The van der Waals surface area contributed by atoms with Crippen LogP contribution >= 0.6 is 11.3 Å². The van der Waals surface area contributed by atoms with Crippen molar-refractivity contribution in [3.63, 3.8) is 0 Å². The summed E-state index contributed by atoms with van der Waals surface area (Å²) < 4.78 is 36.8. The summed E-state index contributed by atoms with van der Waals surface area (Å²) in [5.41, 5.74) is 8.80. The summed E-state index contributed by atoms with van der Waals surface area (Å²) >= 11 is 1.44. The third kappa shape index (κ3) is 6.75. The topological polar surface area (TPSA) is 82.2 Å². The molecule has 1 amide bonds. The summed E-state index contributed by atoms with van der Waals surface area (Å²) in [7, 11) is 0. The van der Waals surface area contributed by atoms with Crippen molar-refractivity contribution < 1.29 is 18.0 Å². The molecule has 0 saturated carbocycles. The van der Waals surface area contributed by atoms with Gasteiger partial charge < -0.3 is 16.0 Å². The van der Waals surface area contributed by atoms with Gasteiger partial charge in [0.25, 0.3) is 0 Å². The monoisotopic (exact) mass is 438 g/mol. The normalized spacial score (nSPS) is 12.6. The molecule has 0 aliphatic rings. The Morgan fingerprint density at radius 3 is 2.47 bits per heavy atom. The zero-order valence-corrected chi connectivity index (χ0v) is 17.7. The average Bonchev–Trinajstić information content (AvgIpc) is 3.13. The number of rotatable bonds is 10. The zero-order valence-electron chi connectivity index (χ0n) is 16.9. The first-order valence-electron chi connectivity index (χ1n) is 9.48. The number of thiophene rings is 1. The molecule has 1 atom stereocenters. The van der Waals surface area contributed by atoms with E-state index in [9.17, 15) is 23.2 Å². The Hall–Kier alpha value is -2.57. The standard InChI is InChI=1S/C21H25F3N4OS/c1-14(2)9-18(20(26)29)28(8-7-25)19-12-30-11-17(19)16-5-3-15(4-6-16)10-27-13-21(22,23)24/h3-6,11-12,14,18,27H,8-10,13H2,1-2H3,(H2,26,29)/t18-/m0/s1. The molecule has 0 unspecified atom stereocenters. The molecule has 1 aromatic carbocycles. The molecule has 0 fully saturated rings. The molecule has 162 valence electrons. The number of primary amides is 1. The number of anilines is 1. The third-order valence-electron chi connectivity index (χ3n) is 4.51. The van der Waals surface area contributed by atoms with Gasteiger partial charge in [0.05, 0.1) is 18.3 Å². The number of alkyl halides is 3. The number of carbonyl (C=O) groups is 1. The molecule has 2 rings (SSSR count). The lowest BCUT2D eigenvalue weighted by molar-refractivity contribution is -0.125. The van der Waals surface area contributed by atoms with Gasteiger partial charge in [-0.15, -0.1) is 11.3 Å². The van der Waals surface area contributed by atoms with Gasteiger partial charge in [0.15, 0.2) is 0 Å². The summed E-state index contributed by atoms with van der Waals surface area (Å²) in [6, 6.07) is 8.66. The van der Waals surface area contributed by atoms with Gasteiger partial charge in [-0.2, -0.15) is 18.4 Å². The van der Waals surface area contributed by atoms with Gasteiger partial charge in [-0.25, -0.2) is 0 Å². The Labute approximate surface area is 178 Å². The third-order valence-corrected chi connectivity index (χ3v) is 5.24. The van der Waals surface area contributed by atoms with Gasteiger partial charge in [0, 0.05) is 22.9 Å². The van der Waals surface area contributed by atoms with Crippen LogP contribution < -0.4 is 16.0 Å². The lowest BCUT2D eigenvalue weighted by Gasteiger charge is -2.31. The van der Waals surface area contributed by atoms with Crippen molar-refractivity contribution in [3.05, 3.63) is 40.6 Å². The molecule has 5 nitrogen and oxygen atoms in total. The van der Waals surface area contributed by atoms with Crippen molar-refractivity contribution in [2.24, 2.45) is 11.7 Å². The quantitative estimate of drug-likeness (QED) is 0.542. The molecule has 0 radical (unpaired) electrons. The van der Waals surface area contributed by atoms with Crippen LogP contribution in [0.3, 0.4) is 0 Å². The number of amides is 1. The number of hydrogen-bond acceptors (Lipinski definition) is 5. The molecule has 0 spiro atoms. The molecule has 0 saturated heterocycles. The number of benzene rings is 1. The summed E-state index contributed by atoms with van der Waals surface area (Å²) in [6.45, 7) is 3.05. The number of carbonyl (C=O) groups excluding carboxylic acids is 1. The van der Waals surface area contributed by atoms with Gasteiger partial charge in [-0.1, -0.05) is 38.1 Å². The molecule has 30 heavy (non-hydrogen) atoms. The maximum Gasteiger partial charge on any atom is 0.401 e. The van der Waals surface area contributed by atoms with Gasteiger partial charge in [0.2, 0.25) is 5.91 Å². The summed E-state index contributed by atoms with van der Waals surface area (Å²) in [5.74, 6) is -0.267. The van der Waals surface area contributed by atoms with E-state index in [2.05, 4.69) is 11.4 Å². The lowest BCUT2D eigenvalue weighted by Crippen LogP contribution is -2.46. The van der Waals surface area contributed by atoms with Crippen LogP contribution in [0.2, 0.25) is 0 Å². The highest BCUT2D eigenvalue weighted by molar-refractivity contribution is 7.08. The molecule has 1 aromatic heterocycles. The summed E-state index contributed by atoms with van der Waals surface area (Å²) in [5, 5.41) is 15.5. The number of nitrogens with one attached hydrogen (secondary N) is 1. The molecule has 0 aliphatic carbocycles. The number of nitriles is 1. The SMILES string of the molecule is CC(C)C[C@@H](C(N)=O)N(CC#N)c1cscc1-c1ccc(CNCC(F)(F)F)cc1. The van der Waals surface area contributed by atoms with Crippen LogP contribution in [0.25, 0.3) is 11.1 Å². The highest BCUT2D eigenvalue weighted by Gasteiger charge is 2.28. The molecular weight excluding hydrogens is 413 g/mol. The van der Waals surface area contributed by atoms with Gasteiger partial charge in [-0.05, 0) is 23.5 Å². The molecule has 1 heterocycles. The number of halogens is 3. The zero-order chi connectivity index (χ0) is 22.3. The van der Waals surface area contributed by atoms with Crippen molar-refractivity contribution in [1.82, 2.24) is 5.32 Å². The molecule has 3 N–H and O–H groups in total. The minimum atomic E-state index is -4.25. The van der Waals surface area contributed by atoms with Crippen molar-refractivity contribution in [3.8, 4) is 17.2 Å². The maximum atomic E-state index is 12.3. The van der Waals surface area contributed by atoms with Crippen LogP contribution in [0, 0.1) is 17.2 Å². The van der Waals surface area contributed by atoms with Crippen LogP contribution in [0.4, 0.5) is 18.9 Å². The highest BCUT2D eigenvalue weighted by Crippen LogP contribution is 2.36. The second-order valence-electron chi connectivity index (χ2n) is 7.42. The summed E-state index contributed by atoms with van der Waals surface area (Å²) in [4.78, 5) is 13.8. The first-order valence-corrected chi connectivity index (χ1v) is 10.4. The molecule has 0 aliphatic heterocycles. The van der Waals surface area contributed by atoms with Crippen LogP contribution in [0.15, 0.2) is 35.0 Å². The second-order valence-corrected chi connectivity index (χ2v) is 8.16. The van der Waals surface area contributed by atoms with E-state index in [0.29, 0.717) is 6.42 Å². The second kappa shape index (κ2) is 10.5. The maximum absolute atomic E-state index is 12.3. The minimum absolute atomic E-state index is 0.0174. The van der Waals surface area contributed by atoms with E-state index in [1.54, 1.807) is 17.0 Å². The van der Waals surface area contributed by atoms with Crippen LogP contribution in [0.1, 0.15) is 25.8 Å². The van der Waals surface area contributed by atoms with Crippen molar-refractivity contribution in [2.75, 3.05) is 18.0 Å². The fourth-order valence-electron chi connectivity index (χ4n) is 3.16. The van der Waals surface area contributed by atoms with E-state index in [1.165, 1.54) is 11.3 Å². The van der Waals surface area contributed by atoms with E-state index >= 15 is 0 Å². The fourth-order valence-corrected chi connectivity index (χ4v) is 4.01. The highest BCUT2D eigenvalue weighted by atomic mass is 32.1. The van der Waals surface area contributed by atoms with Gasteiger partial charge in [0.1, 0.15) is 12.6 Å². The van der Waals surface area contributed by atoms with Gasteiger partial charge in [-0.3, -0.25) is 4.79 Å². The predicted molar refractivity (Wildman–Crippen MR) is 113 cm³/mol. The number of nitrogens with zero attached hydrogens (tertiary/aromatic N) is 2. The predicted octanol–water partition coefficient (Wildman–Crippen LogP) is 4.30.